The molecule has 0 amide bonds. The van der Waals surface area contributed by atoms with E-state index < -0.39 is 0 Å². The lowest BCUT2D eigenvalue weighted by atomic mass is 10.1. The largest absolute Gasteiger partial charge is 0.444 e. The number of guanidine groups is 1. The summed E-state index contributed by atoms with van der Waals surface area (Å²) in [5.74, 6) is 1.52. The van der Waals surface area contributed by atoms with Crippen molar-refractivity contribution >= 4 is 5.96 Å². The number of benzene rings is 1. The first-order chi connectivity index (χ1) is 13.7. The highest BCUT2D eigenvalue weighted by atomic mass is 16.3. The first-order valence-corrected chi connectivity index (χ1v) is 10.5. The maximum atomic E-state index is 5.65. The van der Waals surface area contributed by atoms with Crippen LogP contribution in [0.15, 0.2) is 39.9 Å². The van der Waals surface area contributed by atoms with E-state index >= 15 is 0 Å². The molecule has 0 bridgehead atoms. The van der Waals surface area contributed by atoms with Crippen molar-refractivity contribution in [3.63, 3.8) is 0 Å². The fourth-order valence-electron chi connectivity index (χ4n) is 3.73. The number of hydrogen-bond acceptors (Lipinski definition) is 4. The zero-order valence-corrected chi connectivity index (χ0v) is 16.9. The highest BCUT2D eigenvalue weighted by Crippen LogP contribution is 2.29. The molecule has 1 saturated carbocycles. The van der Waals surface area contributed by atoms with E-state index in [1.54, 1.807) is 6.26 Å². The number of hydrogen-bond donors (Lipinski definition) is 2. The van der Waals surface area contributed by atoms with Gasteiger partial charge in [-0.25, -0.2) is 9.98 Å². The lowest BCUT2D eigenvalue weighted by molar-refractivity contribution is 0.197. The quantitative estimate of drug-likeness (QED) is 0.593. The Hall–Kier alpha value is -2.34. The molecule has 2 fully saturated rings. The summed E-state index contributed by atoms with van der Waals surface area (Å²) in [5.41, 5.74) is 3.06. The van der Waals surface area contributed by atoms with E-state index in [1.807, 2.05) is 12.1 Å². The van der Waals surface area contributed by atoms with Crippen LogP contribution in [-0.2, 0) is 6.54 Å². The summed E-state index contributed by atoms with van der Waals surface area (Å²) in [6.07, 6.45) is 6.86. The van der Waals surface area contributed by atoms with Crippen LogP contribution in [0.25, 0.3) is 11.5 Å². The second-order valence-corrected chi connectivity index (χ2v) is 7.89. The number of piperidine rings is 1. The molecule has 2 aromatic rings. The normalized spacial score (nSPS) is 19.0. The van der Waals surface area contributed by atoms with Gasteiger partial charge in [-0.3, -0.25) is 0 Å². The average molecular weight is 382 g/mol. The van der Waals surface area contributed by atoms with Gasteiger partial charge < -0.3 is 20.0 Å². The van der Waals surface area contributed by atoms with E-state index in [4.69, 9.17) is 9.41 Å². The second kappa shape index (κ2) is 8.78. The Morgan fingerprint density at radius 1 is 1.18 bits per heavy atom. The molecule has 6 heteroatoms. The Labute approximate surface area is 167 Å². The van der Waals surface area contributed by atoms with Crippen molar-refractivity contribution in [2.45, 2.75) is 58.2 Å². The molecule has 1 aliphatic heterocycles. The predicted molar refractivity (Wildman–Crippen MR) is 112 cm³/mol. The number of oxazole rings is 1. The van der Waals surface area contributed by atoms with Crippen molar-refractivity contribution in [3.05, 3.63) is 41.8 Å². The smallest absolute Gasteiger partial charge is 0.226 e. The van der Waals surface area contributed by atoms with Crippen LogP contribution in [0, 0.1) is 6.92 Å². The van der Waals surface area contributed by atoms with Crippen LogP contribution in [0.2, 0.25) is 0 Å². The Balaban J connectivity index is 1.33. The number of aryl methyl sites for hydroxylation is 1. The molecule has 150 valence electrons. The Morgan fingerprint density at radius 3 is 2.61 bits per heavy atom. The molecule has 0 radical (unpaired) electrons. The number of nitrogens with one attached hydrogen (secondary N) is 2. The van der Waals surface area contributed by atoms with Crippen LogP contribution in [0.5, 0.6) is 0 Å². The third kappa shape index (κ3) is 4.93. The van der Waals surface area contributed by atoms with Gasteiger partial charge in [-0.15, -0.1) is 0 Å². The second-order valence-electron chi connectivity index (χ2n) is 7.89. The summed E-state index contributed by atoms with van der Waals surface area (Å²) in [4.78, 5) is 12.0. The summed E-state index contributed by atoms with van der Waals surface area (Å²) >= 11 is 0. The molecular weight excluding hydrogens is 350 g/mol. The highest BCUT2D eigenvalue weighted by Gasteiger charge is 2.31. The maximum absolute atomic E-state index is 5.65. The molecule has 6 nitrogen and oxygen atoms in total. The van der Waals surface area contributed by atoms with Gasteiger partial charge in [0.25, 0.3) is 0 Å². The zero-order valence-electron chi connectivity index (χ0n) is 16.9. The molecule has 4 rings (SSSR count). The minimum Gasteiger partial charge on any atom is -0.444 e. The molecule has 1 aromatic carbocycles. The number of rotatable bonds is 6. The van der Waals surface area contributed by atoms with Crippen LogP contribution < -0.4 is 10.6 Å². The van der Waals surface area contributed by atoms with Crippen molar-refractivity contribution in [2.75, 3.05) is 19.6 Å². The first kappa shape index (κ1) is 19.0. The fraction of sp³-hybridized carbons (Fsp3) is 0.545. The predicted octanol–water partition coefficient (Wildman–Crippen LogP) is 3.33. The van der Waals surface area contributed by atoms with Gasteiger partial charge in [0.1, 0.15) is 12.0 Å². The van der Waals surface area contributed by atoms with Gasteiger partial charge in [0.05, 0.1) is 6.54 Å². The van der Waals surface area contributed by atoms with Gasteiger partial charge in [-0.1, -0.05) is 17.7 Å². The molecule has 2 aliphatic rings. The standard InChI is InChI=1S/C22H31N5O/c1-3-23-22(26-18-10-12-27(13-11-18)20-8-9-20)24-14-19-15-28-21(25-19)17-6-4-16(2)5-7-17/h4-7,15,18,20H,3,8-14H2,1-2H3,(H2,23,24,26). The van der Waals surface area contributed by atoms with E-state index in [9.17, 15) is 0 Å². The molecule has 28 heavy (non-hydrogen) atoms. The molecule has 2 N–H and O–H groups in total. The van der Waals surface area contributed by atoms with Crippen molar-refractivity contribution in [1.29, 1.82) is 0 Å². The van der Waals surface area contributed by atoms with Crippen molar-refractivity contribution < 1.29 is 4.42 Å². The van der Waals surface area contributed by atoms with Crippen LogP contribution in [0.1, 0.15) is 43.9 Å². The molecule has 1 aromatic heterocycles. The van der Waals surface area contributed by atoms with E-state index in [0.717, 1.165) is 29.8 Å². The van der Waals surface area contributed by atoms with E-state index in [1.165, 1.54) is 44.3 Å². The van der Waals surface area contributed by atoms with Crippen molar-refractivity contribution in [1.82, 2.24) is 20.5 Å². The van der Waals surface area contributed by atoms with Gasteiger partial charge in [0, 0.05) is 37.3 Å². The molecule has 0 atom stereocenters. The van der Waals surface area contributed by atoms with E-state index in [-0.39, 0.29) is 0 Å². The summed E-state index contributed by atoms with van der Waals surface area (Å²) in [6, 6.07) is 9.57. The highest BCUT2D eigenvalue weighted by molar-refractivity contribution is 5.80. The van der Waals surface area contributed by atoms with Crippen LogP contribution in [0.4, 0.5) is 0 Å². The molecule has 0 unspecified atom stereocenters. The average Bonchev–Trinajstić information content (AvgIpc) is 3.45. The summed E-state index contributed by atoms with van der Waals surface area (Å²) in [5, 5.41) is 6.96. The SMILES string of the molecule is CCNC(=NCc1coc(-c2ccc(C)cc2)n1)NC1CCN(C2CC2)CC1. The Morgan fingerprint density at radius 2 is 1.93 bits per heavy atom. The number of aliphatic imine (C=N–C) groups is 1. The van der Waals surface area contributed by atoms with Crippen LogP contribution >= 0.6 is 0 Å². The zero-order chi connectivity index (χ0) is 19.3. The van der Waals surface area contributed by atoms with Gasteiger partial charge in [-0.2, -0.15) is 0 Å². The van der Waals surface area contributed by atoms with Crippen molar-refractivity contribution in [2.24, 2.45) is 4.99 Å². The lowest BCUT2D eigenvalue weighted by Gasteiger charge is -2.33. The molecule has 0 spiro atoms. The summed E-state index contributed by atoms with van der Waals surface area (Å²) in [6.45, 7) is 7.92. The van der Waals surface area contributed by atoms with Gasteiger partial charge in [-0.05, 0) is 51.7 Å². The van der Waals surface area contributed by atoms with Gasteiger partial charge >= 0.3 is 0 Å². The van der Waals surface area contributed by atoms with E-state index in [2.05, 4.69) is 46.5 Å². The number of likely N-dealkylation sites (tertiary alicyclic amines) is 1. The maximum Gasteiger partial charge on any atom is 0.226 e. The Bertz CT molecular complexity index is 786. The topological polar surface area (TPSA) is 65.7 Å². The van der Waals surface area contributed by atoms with E-state index in [0.29, 0.717) is 18.5 Å². The van der Waals surface area contributed by atoms with Crippen LogP contribution in [-0.4, -0.2) is 47.6 Å². The lowest BCUT2D eigenvalue weighted by Crippen LogP contribution is -2.49. The number of nitrogens with zero attached hydrogens (tertiary/aromatic N) is 3. The number of aromatic nitrogens is 1. The summed E-state index contributed by atoms with van der Waals surface area (Å²) < 4.78 is 5.65. The minimum absolute atomic E-state index is 0.494. The monoisotopic (exact) mass is 381 g/mol. The minimum atomic E-state index is 0.494. The van der Waals surface area contributed by atoms with Gasteiger partial charge in [0.2, 0.25) is 5.89 Å². The Kier molecular flexibility index (Phi) is 5.95. The molecular formula is C22H31N5O. The van der Waals surface area contributed by atoms with Crippen molar-refractivity contribution in [3.8, 4) is 11.5 Å². The fourth-order valence-corrected chi connectivity index (χ4v) is 3.73. The third-order valence-electron chi connectivity index (χ3n) is 5.53. The first-order valence-electron chi connectivity index (χ1n) is 10.5. The van der Waals surface area contributed by atoms with Gasteiger partial charge in [0.15, 0.2) is 5.96 Å². The molecule has 1 saturated heterocycles. The summed E-state index contributed by atoms with van der Waals surface area (Å²) in [7, 11) is 0. The molecule has 2 heterocycles. The van der Waals surface area contributed by atoms with Crippen LogP contribution in [0.3, 0.4) is 0 Å². The third-order valence-corrected chi connectivity index (χ3v) is 5.53. The molecule has 1 aliphatic carbocycles.